The van der Waals surface area contributed by atoms with Crippen molar-refractivity contribution in [1.29, 1.82) is 0 Å². The van der Waals surface area contributed by atoms with Gasteiger partial charge in [0.2, 0.25) is 4.77 Å². The SMILES string of the molecule is COc1cc(Br)c(/C=N\n2c([C@@H]3CCCO3)n[nH]c2=S)cc1OC. The van der Waals surface area contributed by atoms with Crippen LogP contribution in [-0.2, 0) is 4.74 Å². The maximum Gasteiger partial charge on any atom is 0.216 e. The summed E-state index contributed by atoms with van der Waals surface area (Å²) >= 11 is 8.77. The van der Waals surface area contributed by atoms with Crippen molar-refractivity contribution in [2.24, 2.45) is 5.10 Å². The molecule has 1 atom stereocenters. The first kappa shape index (κ1) is 17.1. The molecule has 1 fully saturated rings. The second kappa shape index (κ2) is 7.45. The molecular weight excluding hydrogens is 396 g/mol. The van der Waals surface area contributed by atoms with Gasteiger partial charge in [-0.3, -0.25) is 5.10 Å². The fraction of sp³-hybridized carbons (Fsp3) is 0.400. The summed E-state index contributed by atoms with van der Waals surface area (Å²) in [5, 5.41) is 11.5. The summed E-state index contributed by atoms with van der Waals surface area (Å²) in [6.07, 6.45) is 3.53. The lowest BCUT2D eigenvalue weighted by Crippen LogP contribution is -2.05. The predicted molar refractivity (Wildman–Crippen MR) is 95.6 cm³/mol. The number of ether oxygens (including phenoxy) is 3. The fourth-order valence-electron chi connectivity index (χ4n) is 2.49. The molecule has 128 valence electrons. The molecule has 1 aliphatic rings. The number of halogens is 1. The highest BCUT2D eigenvalue weighted by Crippen LogP contribution is 2.32. The number of benzene rings is 1. The van der Waals surface area contributed by atoms with E-state index in [1.54, 1.807) is 25.1 Å². The van der Waals surface area contributed by atoms with Crippen molar-refractivity contribution in [3.05, 3.63) is 32.8 Å². The van der Waals surface area contributed by atoms with Gasteiger partial charge in [-0.05, 0) is 53.1 Å². The monoisotopic (exact) mass is 412 g/mol. The van der Waals surface area contributed by atoms with Gasteiger partial charge in [0.25, 0.3) is 0 Å². The molecular formula is C15H17BrN4O3S. The third-order valence-corrected chi connectivity index (χ3v) is 4.66. The summed E-state index contributed by atoms with van der Waals surface area (Å²) in [4.78, 5) is 0. The molecule has 3 rings (SSSR count). The molecule has 1 saturated heterocycles. The Hall–Kier alpha value is -1.71. The van der Waals surface area contributed by atoms with E-state index in [9.17, 15) is 0 Å². The van der Waals surface area contributed by atoms with E-state index in [-0.39, 0.29) is 6.10 Å². The lowest BCUT2D eigenvalue weighted by molar-refractivity contribution is 0.102. The van der Waals surface area contributed by atoms with Gasteiger partial charge in [-0.15, -0.1) is 0 Å². The molecule has 2 aromatic rings. The van der Waals surface area contributed by atoms with Crippen molar-refractivity contribution in [1.82, 2.24) is 14.9 Å². The summed E-state index contributed by atoms with van der Waals surface area (Å²) in [7, 11) is 3.19. The quantitative estimate of drug-likeness (QED) is 0.601. The van der Waals surface area contributed by atoms with Gasteiger partial charge in [0, 0.05) is 16.6 Å². The second-order valence-electron chi connectivity index (χ2n) is 5.17. The molecule has 0 spiro atoms. The van der Waals surface area contributed by atoms with Crippen molar-refractivity contribution < 1.29 is 14.2 Å². The third-order valence-electron chi connectivity index (χ3n) is 3.71. The molecule has 0 unspecified atom stereocenters. The van der Waals surface area contributed by atoms with Gasteiger partial charge in [-0.2, -0.15) is 14.9 Å². The largest absolute Gasteiger partial charge is 0.493 e. The lowest BCUT2D eigenvalue weighted by Gasteiger charge is -2.10. The summed E-state index contributed by atoms with van der Waals surface area (Å²) in [6.45, 7) is 0.731. The van der Waals surface area contributed by atoms with E-state index in [0.29, 0.717) is 22.1 Å². The highest BCUT2D eigenvalue weighted by Gasteiger charge is 2.23. The van der Waals surface area contributed by atoms with Crippen LogP contribution in [-0.4, -0.2) is 41.9 Å². The Morgan fingerprint density at radius 3 is 2.83 bits per heavy atom. The topological polar surface area (TPSA) is 73.7 Å². The maximum absolute atomic E-state index is 5.67. The van der Waals surface area contributed by atoms with E-state index in [2.05, 4.69) is 31.2 Å². The van der Waals surface area contributed by atoms with E-state index >= 15 is 0 Å². The minimum Gasteiger partial charge on any atom is -0.493 e. The first-order valence-corrected chi connectivity index (χ1v) is 8.59. The molecule has 2 heterocycles. The van der Waals surface area contributed by atoms with Crippen molar-refractivity contribution in [3.8, 4) is 11.5 Å². The minimum atomic E-state index is -0.0797. The second-order valence-corrected chi connectivity index (χ2v) is 6.41. The standard InChI is InChI=1S/C15H17BrN4O3S/c1-21-12-6-9(10(16)7-13(12)22-2)8-17-20-14(18-19-15(20)24)11-4-3-5-23-11/h6-8,11H,3-5H2,1-2H3,(H,19,24)/b17-8-/t11-/m0/s1. The molecule has 0 radical (unpaired) electrons. The first-order valence-electron chi connectivity index (χ1n) is 7.39. The summed E-state index contributed by atoms with van der Waals surface area (Å²) < 4.78 is 19.1. The Morgan fingerprint density at radius 1 is 1.42 bits per heavy atom. The number of methoxy groups -OCH3 is 2. The van der Waals surface area contributed by atoms with Crippen LogP contribution >= 0.6 is 28.1 Å². The summed E-state index contributed by atoms with van der Waals surface area (Å²) in [5.74, 6) is 1.95. The Bertz CT molecular complexity index is 812. The Balaban J connectivity index is 1.94. The molecule has 24 heavy (non-hydrogen) atoms. The summed E-state index contributed by atoms with van der Waals surface area (Å²) in [6, 6.07) is 3.66. The van der Waals surface area contributed by atoms with E-state index < -0.39 is 0 Å². The lowest BCUT2D eigenvalue weighted by atomic mass is 10.2. The van der Waals surface area contributed by atoms with Crippen LogP contribution in [0.1, 0.15) is 30.3 Å². The number of aromatic amines is 1. The number of hydrogen-bond acceptors (Lipinski definition) is 6. The highest BCUT2D eigenvalue weighted by atomic mass is 79.9. The van der Waals surface area contributed by atoms with E-state index in [1.807, 2.05) is 12.1 Å². The molecule has 1 aromatic carbocycles. The molecule has 0 aliphatic carbocycles. The molecule has 9 heteroatoms. The number of H-pyrrole nitrogens is 1. The number of nitrogens with one attached hydrogen (secondary N) is 1. The van der Waals surface area contributed by atoms with Gasteiger partial charge >= 0.3 is 0 Å². The van der Waals surface area contributed by atoms with Crippen LogP contribution in [0.3, 0.4) is 0 Å². The maximum atomic E-state index is 5.67. The van der Waals surface area contributed by atoms with Crippen LogP contribution in [0.2, 0.25) is 0 Å². The van der Waals surface area contributed by atoms with Gasteiger partial charge < -0.3 is 14.2 Å². The van der Waals surface area contributed by atoms with Crippen molar-refractivity contribution in [2.45, 2.75) is 18.9 Å². The first-order chi connectivity index (χ1) is 11.6. The van der Waals surface area contributed by atoms with Gasteiger partial charge in [-0.1, -0.05) is 0 Å². The van der Waals surface area contributed by atoms with E-state index in [1.165, 1.54) is 0 Å². The van der Waals surface area contributed by atoms with Crippen LogP contribution in [0, 0.1) is 4.77 Å². The smallest absolute Gasteiger partial charge is 0.216 e. The molecule has 7 nitrogen and oxygen atoms in total. The number of hydrogen-bond donors (Lipinski definition) is 1. The minimum absolute atomic E-state index is 0.0797. The van der Waals surface area contributed by atoms with E-state index in [4.69, 9.17) is 26.4 Å². The van der Waals surface area contributed by atoms with Gasteiger partial charge in [-0.25, -0.2) is 0 Å². The summed E-state index contributed by atoms with van der Waals surface area (Å²) in [5.41, 5.74) is 0.828. The average molecular weight is 413 g/mol. The molecule has 1 aromatic heterocycles. The molecule has 0 amide bonds. The average Bonchev–Trinajstić information content (AvgIpc) is 3.23. The predicted octanol–water partition coefficient (Wildman–Crippen LogP) is 3.45. The van der Waals surface area contributed by atoms with E-state index in [0.717, 1.165) is 29.5 Å². The normalized spacial score (nSPS) is 17.5. The Labute approximate surface area is 152 Å². The van der Waals surface area contributed by atoms with Gasteiger partial charge in [0.15, 0.2) is 17.3 Å². The van der Waals surface area contributed by atoms with Gasteiger partial charge in [0.05, 0.1) is 20.4 Å². The molecule has 1 N–H and O–H groups in total. The highest BCUT2D eigenvalue weighted by molar-refractivity contribution is 9.10. The number of nitrogens with zero attached hydrogens (tertiary/aromatic N) is 3. The van der Waals surface area contributed by atoms with Crippen LogP contribution in [0.5, 0.6) is 11.5 Å². The van der Waals surface area contributed by atoms with Gasteiger partial charge in [0.1, 0.15) is 6.10 Å². The van der Waals surface area contributed by atoms with Crippen molar-refractivity contribution in [3.63, 3.8) is 0 Å². The zero-order valence-corrected chi connectivity index (χ0v) is 15.7. The third kappa shape index (κ3) is 3.38. The Kier molecular flexibility index (Phi) is 5.32. The molecule has 1 aliphatic heterocycles. The van der Waals surface area contributed by atoms with Crippen LogP contribution < -0.4 is 9.47 Å². The van der Waals surface area contributed by atoms with Crippen LogP contribution in [0.25, 0.3) is 0 Å². The van der Waals surface area contributed by atoms with Crippen LogP contribution in [0.15, 0.2) is 21.7 Å². The molecule has 0 saturated carbocycles. The van der Waals surface area contributed by atoms with Crippen molar-refractivity contribution >= 4 is 34.4 Å². The zero-order chi connectivity index (χ0) is 17.1. The fourth-order valence-corrected chi connectivity index (χ4v) is 3.10. The zero-order valence-electron chi connectivity index (χ0n) is 13.3. The Morgan fingerprint density at radius 2 is 2.17 bits per heavy atom. The van der Waals surface area contributed by atoms with Crippen molar-refractivity contribution in [2.75, 3.05) is 20.8 Å². The number of rotatable bonds is 5. The number of aromatic nitrogens is 3. The van der Waals surface area contributed by atoms with Crippen LogP contribution in [0.4, 0.5) is 0 Å². The molecule has 0 bridgehead atoms.